The van der Waals surface area contributed by atoms with Crippen LogP contribution in [0.5, 0.6) is 0 Å². The van der Waals surface area contributed by atoms with Crippen LogP contribution in [-0.4, -0.2) is 82.5 Å². The molecule has 6 aromatic heterocycles. The van der Waals surface area contributed by atoms with E-state index in [0.29, 0.717) is 74.2 Å². The number of hydrogen-bond acceptors (Lipinski definition) is 14. The van der Waals surface area contributed by atoms with Crippen molar-refractivity contribution in [1.82, 2.24) is 29.9 Å². The molecular formula is C50H43ClF2N12O2. The van der Waals surface area contributed by atoms with E-state index in [1.807, 2.05) is 62.4 Å². The Kier molecular flexibility index (Phi) is 14.3. The molecular weight excluding hydrogens is 874 g/mol. The van der Waals surface area contributed by atoms with Crippen LogP contribution in [0.3, 0.4) is 0 Å². The van der Waals surface area contributed by atoms with Gasteiger partial charge in [-0.25, -0.2) is 28.7 Å². The minimum absolute atomic E-state index is 0.229. The van der Waals surface area contributed by atoms with Crippen LogP contribution in [0.1, 0.15) is 22.5 Å². The summed E-state index contributed by atoms with van der Waals surface area (Å²) >= 11 is 6.28. The summed E-state index contributed by atoms with van der Waals surface area (Å²) in [7, 11) is 0. The van der Waals surface area contributed by atoms with Gasteiger partial charge in [-0.3, -0.25) is 9.97 Å². The lowest BCUT2D eigenvalue weighted by Gasteiger charge is -2.29. The summed E-state index contributed by atoms with van der Waals surface area (Å²) in [5.74, 6) is -0.750. The first-order chi connectivity index (χ1) is 32.6. The monoisotopic (exact) mass is 916 g/mol. The largest absolute Gasteiger partial charge is 0.396 e. The molecule has 3 N–H and O–H groups in total. The first-order valence-corrected chi connectivity index (χ1v) is 21.7. The van der Waals surface area contributed by atoms with Crippen LogP contribution in [0, 0.1) is 48.1 Å². The average Bonchev–Trinajstić information content (AvgIpc) is 3.37. The number of nitrogen functional groups attached to an aromatic ring is 1. The second-order valence-corrected chi connectivity index (χ2v) is 15.7. The summed E-state index contributed by atoms with van der Waals surface area (Å²) < 4.78 is 39.5. The number of nitrogens with zero attached hydrogens (tertiary/aromatic N) is 10. The highest BCUT2D eigenvalue weighted by Crippen LogP contribution is 2.38. The van der Waals surface area contributed by atoms with E-state index in [1.54, 1.807) is 55.1 Å². The van der Waals surface area contributed by atoms with Gasteiger partial charge in [-0.05, 0) is 80.1 Å². The topological polar surface area (TPSA) is 188 Å². The summed E-state index contributed by atoms with van der Waals surface area (Å²) in [5, 5.41) is 22.8. The van der Waals surface area contributed by atoms with Gasteiger partial charge in [-0.2, -0.15) is 10.5 Å². The number of ether oxygens (including phenoxy) is 2. The number of aromatic nitrogens is 6. The van der Waals surface area contributed by atoms with Crippen molar-refractivity contribution in [2.75, 3.05) is 73.5 Å². The van der Waals surface area contributed by atoms with Crippen LogP contribution in [-0.2, 0) is 9.47 Å². The van der Waals surface area contributed by atoms with E-state index in [9.17, 15) is 9.65 Å². The van der Waals surface area contributed by atoms with Crippen LogP contribution in [0.25, 0.3) is 44.6 Å². The van der Waals surface area contributed by atoms with E-state index in [1.165, 1.54) is 12.1 Å². The second kappa shape index (κ2) is 21.0. The normalized spacial score (nSPS) is 13.4. The van der Waals surface area contributed by atoms with Gasteiger partial charge in [0.2, 0.25) is 0 Å². The molecule has 0 amide bonds. The van der Waals surface area contributed by atoms with E-state index in [0.717, 1.165) is 67.6 Å². The molecule has 0 bridgehead atoms. The van der Waals surface area contributed by atoms with Gasteiger partial charge in [0.05, 0.1) is 117 Å². The number of nitriles is 2. The molecule has 0 saturated carbocycles. The van der Waals surface area contributed by atoms with Crippen molar-refractivity contribution in [3.63, 3.8) is 0 Å². The summed E-state index contributed by atoms with van der Waals surface area (Å²) in [6.07, 6.45) is 6.76. The molecule has 2 aromatic carbocycles. The van der Waals surface area contributed by atoms with Crippen LogP contribution < -0.4 is 20.9 Å². The molecule has 17 heteroatoms. The molecule has 0 radical (unpaired) electrons. The fourth-order valence-electron chi connectivity index (χ4n) is 7.67. The molecule has 10 rings (SSSR count). The molecule has 2 fully saturated rings. The van der Waals surface area contributed by atoms with Gasteiger partial charge in [0, 0.05) is 44.1 Å². The van der Waals surface area contributed by atoms with E-state index in [2.05, 4.69) is 46.1 Å². The van der Waals surface area contributed by atoms with Crippen LogP contribution in [0.15, 0.2) is 110 Å². The number of pyridine rings is 6. The summed E-state index contributed by atoms with van der Waals surface area (Å²) in [6, 6.07) is 28.5. The third-order valence-corrected chi connectivity index (χ3v) is 11.6. The Morgan fingerprint density at radius 2 is 1.15 bits per heavy atom. The number of benzene rings is 2. The van der Waals surface area contributed by atoms with Gasteiger partial charge >= 0.3 is 0 Å². The molecule has 8 aromatic rings. The predicted molar refractivity (Wildman–Crippen MR) is 256 cm³/mol. The Bertz CT molecular complexity index is 3140. The minimum atomic E-state index is -0.394. The van der Waals surface area contributed by atoms with Gasteiger partial charge < -0.3 is 30.3 Å². The maximum atomic E-state index is 15.0. The summed E-state index contributed by atoms with van der Waals surface area (Å²) in [4.78, 5) is 30.5. The molecule has 2 aliphatic heterocycles. The lowest BCUT2D eigenvalue weighted by molar-refractivity contribution is 0.122. The number of halogens is 3. The Hall–Kier alpha value is -7.89. The molecule has 0 unspecified atom stereocenters. The minimum Gasteiger partial charge on any atom is -0.396 e. The van der Waals surface area contributed by atoms with Gasteiger partial charge in [-0.1, -0.05) is 35.9 Å². The van der Waals surface area contributed by atoms with E-state index in [4.69, 9.17) is 37.1 Å². The maximum absolute atomic E-state index is 15.0. The van der Waals surface area contributed by atoms with Crippen molar-refractivity contribution in [1.29, 1.82) is 10.5 Å². The number of nitrogens with one attached hydrogen (secondary N) is 1. The highest BCUT2D eigenvalue weighted by Gasteiger charge is 2.21. The van der Waals surface area contributed by atoms with Crippen molar-refractivity contribution < 1.29 is 18.3 Å². The van der Waals surface area contributed by atoms with Crippen molar-refractivity contribution >= 4 is 61.8 Å². The van der Waals surface area contributed by atoms with Crippen molar-refractivity contribution in [2.24, 2.45) is 0 Å². The van der Waals surface area contributed by atoms with Gasteiger partial charge in [0.25, 0.3) is 0 Å². The third-order valence-electron chi connectivity index (χ3n) is 11.1. The van der Waals surface area contributed by atoms with Crippen LogP contribution in [0.4, 0.5) is 37.2 Å². The van der Waals surface area contributed by atoms with Crippen molar-refractivity contribution in [2.45, 2.75) is 13.8 Å². The zero-order chi connectivity index (χ0) is 46.9. The number of hydrogen-bond donors (Lipinski definition) is 2. The number of nitrogens with two attached hydrogens (primary N) is 1. The predicted octanol–water partition coefficient (Wildman–Crippen LogP) is 9.36. The zero-order valence-corrected chi connectivity index (χ0v) is 37.3. The highest BCUT2D eigenvalue weighted by atomic mass is 35.5. The van der Waals surface area contributed by atoms with E-state index < -0.39 is 5.82 Å². The van der Waals surface area contributed by atoms with E-state index in [-0.39, 0.29) is 17.2 Å². The number of anilines is 5. The Morgan fingerprint density at radius 3 is 1.67 bits per heavy atom. The zero-order valence-electron chi connectivity index (χ0n) is 36.5. The third kappa shape index (κ3) is 10.2. The lowest BCUT2D eigenvalue weighted by atomic mass is 10.0. The highest BCUT2D eigenvalue weighted by molar-refractivity contribution is 6.36. The standard InChI is InChI=1S/C25H21FN6O.C15H10ClFN2.C10H12N4O/c1-16-24(20-6-2-3-8-28-20)30-19-7-4-5-18(26)23(19)25(16)31-21-13-17(15-29-22(21)14-27)32-9-11-33-12-10-32;1-9-14(16)13-10(17)5-4-7-11(13)19-15(9)12-6-2-3-8-18-12;11-6-10-9(12)5-8(7-13-10)14-1-3-15-4-2-14/h2-8,13,15H,9-12H2,1H3,(H,30,31);2-8H,1H3;5,7H,1-4,12H2. The van der Waals surface area contributed by atoms with Crippen LogP contribution in [0.2, 0.25) is 5.02 Å². The average molecular weight is 917 g/mol. The SMILES string of the molecule is Cc1c(-c2ccccn2)nc2cccc(F)c2c1Cl.Cc1c(-c2ccccn2)nc2cccc(F)c2c1Nc1cc(N2CCOCC2)cnc1C#N.N#Cc1ncc(N2CCOCC2)cc1N. The van der Waals surface area contributed by atoms with Gasteiger partial charge in [0.15, 0.2) is 11.4 Å². The summed E-state index contributed by atoms with van der Waals surface area (Å²) in [6.45, 7) is 9.57. The number of fused-ring (bicyclic) bond motifs is 2. The quantitative estimate of drug-likeness (QED) is 0.161. The molecule has 14 nitrogen and oxygen atoms in total. The number of morpholine rings is 2. The lowest BCUT2D eigenvalue weighted by Crippen LogP contribution is -2.36. The molecule has 8 heterocycles. The molecule has 0 spiro atoms. The van der Waals surface area contributed by atoms with Crippen molar-refractivity contribution in [3.05, 3.63) is 149 Å². The fourth-order valence-corrected chi connectivity index (χ4v) is 7.95. The molecule has 2 aliphatic rings. The Balaban J connectivity index is 0.000000151. The number of rotatable bonds is 6. The van der Waals surface area contributed by atoms with Gasteiger partial charge in [0.1, 0.15) is 23.8 Å². The fraction of sp³-hybridized carbons (Fsp3) is 0.200. The smallest absolute Gasteiger partial charge is 0.164 e. The second-order valence-electron chi connectivity index (χ2n) is 15.3. The van der Waals surface area contributed by atoms with Crippen molar-refractivity contribution in [3.8, 4) is 34.9 Å². The molecule has 67 heavy (non-hydrogen) atoms. The van der Waals surface area contributed by atoms with Crippen LogP contribution >= 0.6 is 11.6 Å². The molecule has 0 atom stereocenters. The molecule has 2 saturated heterocycles. The molecule has 0 aliphatic carbocycles. The molecule has 336 valence electrons. The Labute approximate surface area is 390 Å². The Morgan fingerprint density at radius 1 is 0.642 bits per heavy atom. The maximum Gasteiger partial charge on any atom is 0.164 e. The van der Waals surface area contributed by atoms with E-state index >= 15 is 4.39 Å². The first kappa shape index (κ1) is 45.7. The van der Waals surface area contributed by atoms with Gasteiger partial charge in [-0.15, -0.1) is 0 Å². The summed E-state index contributed by atoms with van der Waals surface area (Å²) in [5.41, 5.74) is 14.8. The first-order valence-electron chi connectivity index (χ1n) is 21.3.